The molecule has 0 aromatic heterocycles. The lowest BCUT2D eigenvalue weighted by Crippen LogP contribution is -2.53. The Bertz CT molecular complexity index is 405. The van der Waals surface area contributed by atoms with E-state index < -0.39 is 11.4 Å². The number of nitrogen functional groups attached to an aromatic ring is 1. The first-order valence-electron chi connectivity index (χ1n) is 5.58. The van der Waals surface area contributed by atoms with Crippen LogP contribution < -0.4 is 11.1 Å². The van der Waals surface area contributed by atoms with Crippen molar-refractivity contribution in [2.45, 2.75) is 18.9 Å². The van der Waals surface area contributed by atoms with Crippen molar-refractivity contribution in [2.24, 2.45) is 0 Å². The molecule has 0 atom stereocenters. The van der Waals surface area contributed by atoms with Gasteiger partial charge in [0, 0.05) is 5.69 Å². The van der Waals surface area contributed by atoms with E-state index in [-0.39, 0.29) is 29.5 Å². The van der Waals surface area contributed by atoms with Crippen LogP contribution in [0.25, 0.3) is 0 Å². The third kappa shape index (κ3) is 2.93. The van der Waals surface area contributed by atoms with E-state index in [2.05, 4.69) is 5.32 Å². The number of nitrogens with two attached hydrogens (primary N) is 1. The van der Waals surface area contributed by atoms with E-state index in [1.54, 1.807) is 25.1 Å². The molecule has 0 heterocycles. The summed E-state index contributed by atoms with van der Waals surface area (Å²) in [6, 6.07) is 4.75. The second-order valence-corrected chi connectivity index (χ2v) is 4.52. The SMILES string of the molecule is CCC(CO)(CO)NC(=O)c1c(N)cccc1Cl. The van der Waals surface area contributed by atoms with Crippen LogP contribution in [0.1, 0.15) is 23.7 Å². The van der Waals surface area contributed by atoms with Crippen LogP contribution in [0.3, 0.4) is 0 Å². The summed E-state index contributed by atoms with van der Waals surface area (Å²) in [7, 11) is 0. The number of aliphatic hydroxyl groups excluding tert-OH is 2. The molecule has 0 bridgehead atoms. The summed E-state index contributed by atoms with van der Waals surface area (Å²) in [6.07, 6.45) is 0.385. The molecule has 0 unspecified atom stereocenters. The quantitative estimate of drug-likeness (QED) is 0.596. The first kappa shape index (κ1) is 14.8. The number of carbonyl (C=O) groups is 1. The number of nitrogens with one attached hydrogen (secondary N) is 1. The number of rotatable bonds is 5. The fourth-order valence-electron chi connectivity index (χ4n) is 1.52. The van der Waals surface area contributed by atoms with Crippen LogP contribution in [0.15, 0.2) is 18.2 Å². The van der Waals surface area contributed by atoms with E-state index >= 15 is 0 Å². The van der Waals surface area contributed by atoms with Crippen molar-refractivity contribution >= 4 is 23.2 Å². The molecular weight excluding hydrogens is 256 g/mol. The maximum absolute atomic E-state index is 12.1. The predicted molar refractivity (Wildman–Crippen MR) is 70.5 cm³/mol. The van der Waals surface area contributed by atoms with Crippen molar-refractivity contribution in [3.05, 3.63) is 28.8 Å². The molecule has 100 valence electrons. The highest BCUT2D eigenvalue weighted by Gasteiger charge is 2.30. The zero-order valence-electron chi connectivity index (χ0n) is 10.1. The van der Waals surface area contributed by atoms with Crippen LogP contribution in [0, 0.1) is 0 Å². The molecule has 18 heavy (non-hydrogen) atoms. The molecule has 5 N–H and O–H groups in total. The smallest absolute Gasteiger partial charge is 0.255 e. The van der Waals surface area contributed by atoms with Crippen LogP contribution in [0.5, 0.6) is 0 Å². The van der Waals surface area contributed by atoms with Gasteiger partial charge in [0.15, 0.2) is 0 Å². The fraction of sp³-hybridized carbons (Fsp3) is 0.417. The molecule has 0 aliphatic heterocycles. The highest BCUT2D eigenvalue weighted by Crippen LogP contribution is 2.23. The van der Waals surface area contributed by atoms with E-state index in [0.29, 0.717) is 6.42 Å². The average Bonchev–Trinajstić information content (AvgIpc) is 2.36. The number of amides is 1. The Balaban J connectivity index is 3.02. The molecule has 0 radical (unpaired) electrons. The maximum atomic E-state index is 12.1. The van der Waals surface area contributed by atoms with Crippen LogP contribution in [0.4, 0.5) is 5.69 Å². The Morgan fingerprint density at radius 3 is 2.50 bits per heavy atom. The topological polar surface area (TPSA) is 95.6 Å². The molecule has 1 aromatic rings. The second kappa shape index (κ2) is 6.04. The number of anilines is 1. The summed E-state index contributed by atoms with van der Waals surface area (Å²) >= 11 is 5.92. The maximum Gasteiger partial charge on any atom is 0.255 e. The standard InChI is InChI=1S/C12H17ClN2O3/c1-2-12(6-16,7-17)15-11(18)10-8(13)4-3-5-9(10)14/h3-5,16-17H,2,6-7,14H2,1H3,(H,15,18). The summed E-state index contributed by atoms with van der Waals surface area (Å²) in [6.45, 7) is 1.02. The highest BCUT2D eigenvalue weighted by molar-refractivity contribution is 6.34. The van der Waals surface area contributed by atoms with Crippen molar-refractivity contribution in [3.63, 3.8) is 0 Å². The minimum atomic E-state index is -1.07. The molecule has 0 saturated carbocycles. The van der Waals surface area contributed by atoms with Gasteiger partial charge >= 0.3 is 0 Å². The minimum Gasteiger partial charge on any atom is -0.398 e. The van der Waals surface area contributed by atoms with Crippen molar-refractivity contribution in [3.8, 4) is 0 Å². The number of carbonyl (C=O) groups excluding carboxylic acids is 1. The van der Waals surface area contributed by atoms with E-state index in [9.17, 15) is 15.0 Å². The Morgan fingerprint density at radius 2 is 2.06 bits per heavy atom. The third-order valence-electron chi connectivity index (χ3n) is 2.93. The van der Waals surface area contributed by atoms with Crippen molar-refractivity contribution in [2.75, 3.05) is 18.9 Å². The van der Waals surface area contributed by atoms with Gasteiger partial charge < -0.3 is 21.3 Å². The van der Waals surface area contributed by atoms with Gasteiger partial charge in [-0.15, -0.1) is 0 Å². The number of halogens is 1. The Hall–Kier alpha value is -1.30. The van der Waals surface area contributed by atoms with Gasteiger partial charge in [-0.1, -0.05) is 24.6 Å². The molecule has 1 aromatic carbocycles. The second-order valence-electron chi connectivity index (χ2n) is 4.11. The zero-order valence-corrected chi connectivity index (χ0v) is 10.9. The summed E-state index contributed by atoms with van der Waals surface area (Å²) in [5, 5.41) is 21.3. The van der Waals surface area contributed by atoms with Crippen molar-refractivity contribution in [1.82, 2.24) is 5.32 Å². The summed E-state index contributed by atoms with van der Waals surface area (Å²) < 4.78 is 0. The lowest BCUT2D eigenvalue weighted by Gasteiger charge is -2.30. The van der Waals surface area contributed by atoms with E-state index in [1.807, 2.05) is 0 Å². The number of benzene rings is 1. The van der Waals surface area contributed by atoms with Gasteiger partial charge in [-0.25, -0.2) is 0 Å². The van der Waals surface area contributed by atoms with Crippen LogP contribution >= 0.6 is 11.6 Å². The van der Waals surface area contributed by atoms with Gasteiger partial charge in [0.1, 0.15) is 0 Å². The van der Waals surface area contributed by atoms with E-state index in [4.69, 9.17) is 17.3 Å². The fourth-order valence-corrected chi connectivity index (χ4v) is 1.79. The summed E-state index contributed by atoms with van der Waals surface area (Å²) in [5.74, 6) is -0.511. The zero-order chi connectivity index (χ0) is 13.8. The average molecular weight is 273 g/mol. The molecule has 0 spiro atoms. The monoisotopic (exact) mass is 272 g/mol. The Kier molecular flexibility index (Phi) is 4.95. The molecule has 5 nitrogen and oxygen atoms in total. The van der Waals surface area contributed by atoms with Crippen LogP contribution in [-0.2, 0) is 0 Å². The van der Waals surface area contributed by atoms with Gasteiger partial charge in [0.2, 0.25) is 0 Å². The minimum absolute atomic E-state index is 0.152. The molecule has 0 fully saturated rings. The first-order valence-corrected chi connectivity index (χ1v) is 5.95. The van der Waals surface area contributed by atoms with Crippen molar-refractivity contribution < 1.29 is 15.0 Å². The molecule has 1 amide bonds. The number of hydrogen-bond acceptors (Lipinski definition) is 4. The van der Waals surface area contributed by atoms with Crippen molar-refractivity contribution in [1.29, 1.82) is 0 Å². The number of aliphatic hydroxyl groups is 2. The summed E-state index contributed by atoms with van der Waals surface area (Å²) in [5.41, 5.74) is 5.03. The molecule has 6 heteroatoms. The molecular formula is C12H17ClN2O3. The number of hydrogen-bond donors (Lipinski definition) is 4. The van der Waals surface area contributed by atoms with Crippen LogP contribution in [0.2, 0.25) is 5.02 Å². The highest BCUT2D eigenvalue weighted by atomic mass is 35.5. The normalized spacial score (nSPS) is 11.3. The third-order valence-corrected chi connectivity index (χ3v) is 3.25. The Labute approximate surface area is 111 Å². The largest absolute Gasteiger partial charge is 0.398 e. The van der Waals surface area contributed by atoms with Gasteiger partial charge in [-0.2, -0.15) is 0 Å². The van der Waals surface area contributed by atoms with E-state index in [1.165, 1.54) is 0 Å². The van der Waals surface area contributed by atoms with Crippen LogP contribution in [-0.4, -0.2) is 34.9 Å². The molecule has 1 rings (SSSR count). The van der Waals surface area contributed by atoms with Gasteiger partial charge in [-0.3, -0.25) is 4.79 Å². The lowest BCUT2D eigenvalue weighted by molar-refractivity contribution is 0.0653. The molecule has 0 aliphatic rings. The molecule has 0 aliphatic carbocycles. The summed E-state index contributed by atoms with van der Waals surface area (Å²) in [4.78, 5) is 12.1. The first-order chi connectivity index (χ1) is 8.49. The lowest BCUT2D eigenvalue weighted by atomic mass is 9.97. The van der Waals surface area contributed by atoms with Gasteiger partial charge in [0.05, 0.1) is 29.3 Å². The predicted octanol–water partition coefficient (Wildman–Crippen LogP) is 0.785. The van der Waals surface area contributed by atoms with Gasteiger partial charge in [-0.05, 0) is 18.6 Å². The molecule has 0 saturated heterocycles. The van der Waals surface area contributed by atoms with Gasteiger partial charge in [0.25, 0.3) is 5.91 Å². The Morgan fingerprint density at radius 1 is 1.44 bits per heavy atom. The van der Waals surface area contributed by atoms with E-state index in [0.717, 1.165) is 0 Å².